The highest BCUT2D eigenvalue weighted by Gasteiger charge is 2.20. The Hall–Kier alpha value is -3.92. The SMILES string of the molecule is [C-]#[N+]c1ccccc1-c1cnc(NCc2c(F)ccc3c2CCO3)n2cc(C)nc12. The molecular weight excluding hydrogens is 381 g/mol. The average molecular weight is 399 g/mol. The number of fused-ring (bicyclic) bond motifs is 2. The summed E-state index contributed by atoms with van der Waals surface area (Å²) < 4.78 is 21.9. The summed E-state index contributed by atoms with van der Waals surface area (Å²) in [6.07, 6.45) is 4.29. The summed E-state index contributed by atoms with van der Waals surface area (Å²) in [4.78, 5) is 12.8. The molecule has 1 aliphatic rings. The monoisotopic (exact) mass is 399 g/mol. The molecule has 0 fully saturated rings. The number of aryl methyl sites for hydroxylation is 1. The predicted octanol–water partition coefficient (Wildman–Crippen LogP) is 4.94. The lowest BCUT2D eigenvalue weighted by Crippen LogP contribution is -2.09. The highest BCUT2D eigenvalue weighted by Crippen LogP contribution is 2.34. The van der Waals surface area contributed by atoms with Gasteiger partial charge in [-0.2, -0.15) is 0 Å². The van der Waals surface area contributed by atoms with Crippen molar-refractivity contribution in [1.82, 2.24) is 14.4 Å². The Balaban J connectivity index is 1.55. The highest BCUT2D eigenvalue weighted by molar-refractivity contribution is 5.86. The van der Waals surface area contributed by atoms with Crippen LogP contribution < -0.4 is 10.1 Å². The minimum absolute atomic E-state index is 0.257. The van der Waals surface area contributed by atoms with E-state index in [2.05, 4.69) is 20.1 Å². The highest BCUT2D eigenvalue weighted by atomic mass is 19.1. The fraction of sp³-hybridized carbons (Fsp3) is 0.174. The van der Waals surface area contributed by atoms with Gasteiger partial charge in [0.25, 0.3) is 0 Å². The molecule has 0 spiro atoms. The molecule has 1 N–H and O–H groups in total. The molecule has 2 aromatic carbocycles. The number of hydrogen-bond acceptors (Lipinski definition) is 4. The number of nitrogens with zero attached hydrogens (tertiary/aromatic N) is 4. The van der Waals surface area contributed by atoms with E-state index in [9.17, 15) is 4.39 Å². The van der Waals surface area contributed by atoms with E-state index in [1.807, 2.05) is 35.7 Å². The van der Waals surface area contributed by atoms with Crippen LogP contribution in [0.4, 0.5) is 16.0 Å². The number of imidazole rings is 1. The summed E-state index contributed by atoms with van der Waals surface area (Å²) in [5, 5.41) is 3.25. The van der Waals surface area contributed by atoms with E-state index in [1.165, 1.54) is 6.07 Å². The lowest BCUT2D eigenvalue weighted by molar-refractivity contribution is 0.356. The summed E-state index contributed by atoms with van der Waals surface area (Å²) in [5.74, 6) is 1.05. The number of anilines is 1. The van der Waals surface area contributed by atoms with Gasteiger partial charge in [-0.05, 0) is 24.6 Å². The molecule has 0 bridgehead atoms. The van der Waals surface area contributed by atoms with Crippen LogP contribution in [0.25, 0.3) is 21.6 Å². The standard InChI is InChI=1S/C23H18FN5O/c1-14-13-29-22(28-14)18(15-5-3-4-6-20(15)25-2)12-27-23(29)26-11-17-16-9-10-30-21(16)8-7-19(17)24/h3-8,12-13H,9-11H2,1H3,(H,26,27). The second-order valence-corrected chi connectivity index (χ2v) is 7.15. The summed E-state index contributed by atoms with van der Waals surface area (Å²) in [6, 6.07) is 10.5. The quantitative estimate of drug-likeness (QED) is 0.494. The average Bonchev–Trinajstić information content (AvgIpc) is 3.39. The molecule has 0 saturated carbocycles. The minimum atomic E-state index is -0.257. The van der Waals surface area contributed by atoms with Crippen molar-refractivity contribution < 1.29 is 9.13 Å². The van der Waals surface area contributed by atoms with Crippen molar-refractivity contribution in [2.45, 2.75) is 19.9 Å². The second-order valence-electron chi connectivity index (χ2n) is 7.15. The topological polar surface area (TPSA) is 55.8 Å². The third-order valence-electron chi connectivity index (χ3n) is 5.29. The van der Waals surface area contributed by atoms with Gasteiger partial charge >= 0.3 is 0 Å². The van der Waals surface area contributed by atoms with Crippen LogP contribution >= 0.6 is 0 Å². The van der Waals surface area contributed by atoms with E-state index in [-0.39, 0.29) is 12.4 Å². The zero-order chi connectivity index (χ0) is 20.7. The van der Waals surface area contributed by atoms with Gasteiger partial charge in [0.15, 0.2) is 5.69 Å². The molecule has 6 nitrogen and oxygen atoms in total. The van der Waals surface area contributed by atoms with Crippen molar-refractivity contribution in [3.05, 3.63) is 82.8 Å². The molecule has 30 heavy (non-hydrogen) atoms. The number of nitrogens with one attached hydrogen (secondary N) is 1. The second kappa shape index (κ2) is 7.16. The smallest absolute Gasteiger partial charge is 0.208 e. The number of halogens is 1. The van der Waals surface area contributed by atoms with Crippen LogP contribution in [-0.2, 0) is 13.0 Å². The maximum Gasteiger partial charge on any atom is 0.208 e. The van der Waals surface area contributed by atoms with Gasteiger partial charge in [-0.1, -0.05) is 24.3 Å². The van der Waals surface area contributed by atoms with E-state index >= 15 is 0 Å². The maximum atomic E-state index is 14.5. The first kappa shape index (κ1) is 18.1. The fourth-order valence-corrected chi connectivity index (χ4v) is 3.89. The van der Waals surface area contributed by atoms with Gasteiger partial charge < -0.3 is 10.1 Å². The van der Waals surface area contributed by atoms with Crippen molar-refractivity contribution in [2.24, 2.45) is 0 Å². The van der Waals surface area contributed by atoms with Crippen LogP contribution in [0.1, 0.15) is 16.8 Å². The molecule has 2 aromatic heterocycles. The van der Waals surface area contributed by atoms with E-state index in [0.29, 0.717) is 35.9 Å². The number of aromatic nitrogens is 3. The first-order chi connectivity index (χ1) is 14.7. The first-order valence-electron chi connectivity index (χ1n) is 9.64. The third-order valence-corrected chi connectivity index (χ3v) is 5.29. The number of para-hydroxylation sites is 1. The summed E-state index contributed by atoms with van der Waals surface area (Å²) in [7, 11) is 0. The Kier molecular flexibility index (Phi) is 4.32. The molecule has 5 rings (SSSR count). The Labute approximate surface area is 172 Å². The Morgan fingerprint density at radius 1 is 1.23 bits per heavy atom. The zero-order valence-electron chi connectivity index (χ0n) is 16.3. The van der Waals surface area contributed by atoms with Crippen LogP contribution in [-0.4, -0.2) is 21.0 Å². The van der Waals surface area contributed by atoms with Crippen LogP contribution in [0.3, 0.4) is 0 Å². The van der Waals surface area contributed by atoms with Crippen molar-refractivity contribution in [3.63, 3.8) is 0 Å². The molecule has 3 heterocycles. The molecule has 0 aliphatic carbocycles. The maximum absolute atomic E-state index is 14.5. The van der Waals surface area contributed by atoms with Gasteiger partial charge in [-0.25, -0.2) is 19.2 Å². The minimum Gasteiger partial charge on any atom is -0.493 e. The van der Waals surface area contributed by atoms with Crippen molar-refractivity contribution >= 4 is 17.3 Å². The Morgan fingerprint density at radius 2 is 2.10 bits per heavy atom. The summed E-state index contributed by atoms with van der Waals surface area (Å²) in [5.41, 5.74) is 5.13. The van der Waals surface area contributed by atoms with Crippen LogP contribution in [0, 0.1) is 19.3 Å². The molecule has 0 radical (unpaired) electrons. The molecule has 4 aromatic rings. The van der Waals surface area contributed by atoms with E-state index in [4.69, 9.17) is 11.3 Å². The largest absolute Gasteiger partial charge is 0.493 e. The van der Waals surface area contributed by atoms with E-state index < -0.39 is 0 Å². The van der Waals surface area contributed by atoms with Crippen molar-refractivity contribution in [3.8, 4) is 16.9 Å². The molecular formula is C23H18FN5O. The lowest BCUT2D eigenvalue weighted by Gasteiger charge is -2.13. The zero-order valence-corrected chi connectivity index (χ0v) is 16.3. The van der Waals surface area contributed by atoms with Gasteiger partial charge in [0.2, 0.25) is 5.95 Å². The van der Waals surface area contributed by atoms with Crippen LogP contribution in [0.15, 0.2) is 48.8 Å². The van der Waals surface area contributed by atoms with Crippen molar-refractivity contribution in [1.29, 1.82) is 0 Å². The molecule has 0 amide bonds. The molecule has 0 atom stereocenters. The molecule has 0 unspecified atom stereocenters. The van der Waals surface area contributed by atoms with Gasteiger partial charge in [-0.3, -0.25) is 4.40 Å². The molecule has 7 heteroatoms. The summed E-state index contributed by atoms with van der Waals surface area (Å²) in [6.45, 7) is 10.2. The van der Waals surface area contributed by atoms with Gasteiger partial charge in [0, 0.05) is 42.0 Å². The predicted molar refractivity (Wildman–Crippen MR) is 112 cm³/mol. The summed E-state index contributed by atoms with van der Waals surface area (Å²) >= 11 is 0. The van der Waals surface area contributed by atoms with Gasteiger partial charge in [-0.15, -0.1) is 0 Å². The van der Waals surface area contributed by atoms with E-state index in [1.54, 1.807) is 18.3 Å². The van der Waals surface area contributed by atoms with Crippen molar-refractivity contribution in [2.75, 3.05) is 11.9 Å². The number of benzene rings is 2. The number of ether oxygens (including phenoxy) is 1. The van der Waals surface area contributed by atoms with Gasteiger partial charge in [0.05, 0.1) is 18.9 Å². The number of hydrogen-bond donors (Lipinski definition) is 1. The normalized spacial score (nSPS) is 12.4. The Bertz CT molecular complexity index is 1320. The first-order valence-corrected chi connectivity index (χ1v) is 9.64. The third kappa shape index (κ3) is 2.94. The Morgan fingerprint density at radius 3 is 2.97 bits per heavy atom. The lowest BCUT2D eigenvalue weighted by atomic mass is 10.0. The molecule has 0 saturated heterocycles. The molecule has 148 valence electrons. The van der Waals surface area contributed by atoms with Gasteiger partial charge in [0.1, 0.15) is 17.2 Å². The van der Waals surface area contributed by atoms with E-state index in [0.717, 1.165) is 28.1 Å². The van der Waals surface area contributed by atoms with Crippen LogP contribution in [0.2, 0.25) is 0 Å². The number of rotatable bonds is 4. The van der Waals surface area contributed by atoms with Crippen LogP contribution in [0.5, 0.6) is 5.75 Å². The molecule has 1 aliphatic heterocycles. The fourth-order valence-electron chi connectivity index (χ4n) is 3.89.